The molecule has 1 atom stereocenters. The average Bonchev–Trinajstić information content (AvgIpc) is 2.31. The third-order valence-corrected chi connectivity index (χ3v) is 3.11. The van der Waals surface area contributed by atoms with E-state index < -0.39 is 0 Å². The normalized spacial score (nSPS) is 21.4. The molecular weight excluding hydrogens is 222 g/mol. The minimum atomic E-state index is 0. The predicted octanol–water partition coefficient (Wildman–Crippen LogP) is 1.82. The van der Waals surface area contributed by atoms with Crippen LogP contribution >= 0.6 is 12.4 Å². The summed E-state index contributed by atoms with van der Waals surface area (Å²) in [6.07, 6.45) is 5.71. The molecule has 0 amide bonds. The SMILES string of the molecule is Cl.NCC1CCCCN1Cc1ccccn1. The second-order valence-electron chi connectivity index (χ2n) is 4.18. The molecule has 0 radical (unpaired) electrons. The zero-order valence-electron chi connectivity index (χ0n) is 9.51. The Hall–Kier alpha value is -0.640. The quantitative estimate of drug-likeness (QED) is 0.878. The fourth-order valence-corrected chi connectivity index (χ4v) is 2.23. The van der Waals surface area contributed by atoms with Gasteiger partial charge in [-0.1, -0.05) is 12.5 Å². The summed E-state index contributed by atoms with van der Waals surface area (Å²) in [7, 11) is 0. The highest BCUT2D eigenvalue weighted by molar-refractivity contribution is 5.85. The van der Waals surface area contributed by atoms with Crippen LogP contribution in [-0.4, -0.2) is 29.0 Å². The number of piperidine rings is 1. The van der Waals surface area contributed by atoms with Gasteiger partial charge in [0, 0.05) is 25.3 Å². The van der Waals surface area contributed by atoms with Crippen molar-refractivity contribution in [3.05, 3.63) is 30.1 Å². The van der Waals surface area contributed by atoms with Crippen LogP contribution in [0.3, 0.4) is 0 Å². The van der Waals surface area contributed by atoms with E-state index in [4.69, 9.17) is 5.73 Å². The Bertz CT molecular complexity index is 292. The van der Waals surface area contributed by atoms with E-state index in [2.05, 4.69) is 16.0 Å². The molecule has 1 fully saturated rings. The summed E-state index contributed by atoms with van der Waals surface area (Å²) in [6, 6.07) is 6.65. The van der Waals surface area contributed by atoms with Crippen molar-refractivity contribution in [2.24, 2.45) is 5.73 Å². The maximum Gasteiger partial charge on any atom is 0.0544 e. The van der Waals surface area contributed by atoms with Crippen molar-refractivity contribution in [3.8, 4) is 0 Å². The summed E-state index contributed by atoms with van der Waals surface area (Å²) in [5, 5.41) is 0. The number of hydrogen-bond acceptors (Lipinski definition) is 3. The largest absolute Gasteiger partial charge is 0.329 e. The van der Waals surface area contributed by atoms with E-state index in [9.17, 15) is 0 Å². The maximum absolute atomic E-state index is 5.79. The predicted molar refractivity (Wildman–Crippen MR) is 68.6 cm³/mol. The molecule has 0 spiro atoms. The number of nitrogens with two attached hydrogens (primary N) is 1. The summed E-state index contributed by atoms with van der Waals surface area (Å²) in [6.45, 7) is 2.88. The number of hydrogen-bond donors (Lipinski definition) is 1. The molecule has 0 saturated carbocycles. The van der Waals surface area contributed by atoms with Gasteiger partial charge in [-0.15, -0.1) is 12.4 Å². The second kappa shape index (κ2) is 6.84. The summed E-state index contributed by atoms with van der Waals surface area (Å²) in [4.78, 5) is 6.82. The Morgan fingerprint density at radius 3 is 2.94 bits per heavy atom. The smallest absolute Gasteiger partial charge is 0.0544 e. The van der Waals surface area contributed by atoms with Crippen molar-refractivity contribution in [1.82, 2.24) is 9.88 Å². The summed E-state index contributed by atoms with van der Waals surface area (Å²) in [5.74, 6) is 0. The van der Waals surface area contributed by atoms with Gasteiger partial charge in [0.25, 0.3) is 0 Å². The maximum atomic E-state index is 5.79. The third-order valence-electron chi connectivity index (χ3n) is 3.11. The molecule has 1 aromatic rings. The number of likely N-dealkylation sites (tertiary alicyclic amines) is 1. The molecule has 2 heterocycles. The van der Waals surface area contributed by atoms with Gasteiger partial charge in [-0.2, -0.15) is 0 Å². The fourth-order valence-electron chi connectivity index (χ4n) is 2.23. The van der Waals surface area contributed by atoms with Crippen LogP contribution in [0.4, 0.5) is 0 Å². The van der Waals surface area contributed by atoms with Gasteiger partial charge in [0.2, 0.25) is 0 Å². The van der Waals surface area contributed by atoms with Gasteiger partial charge in [0.05, 0.1) is 5.69 Å². The number of pyridine rings is 1. The van der Waals surface area contributed by atoms with E-state index in [-0.39, 0.29) is 12.4 Å². The van der Waals surface area contributed by atoms with Gasteiger partial charge in [-0.25, -0.2) is 0 Å². The lowest BCUT2D eigenvalue weighted by atomic mass is 10.0. The Morgan fingerprint density at radius 1 is 1.38 bits per heavy atom. The van der Waals surface area contributed by atoms with Gasteiger partial charge in [-0.05, 0) is 31.5 Å². The van der Waals surface area contributed by atoms with Crippen LogP contribution in [-0.2, 0) is 6.54 Å². The molecule has 1 saturated heterocycles. The van der Waals surface area contributed by atoms with Gasteiger partial charge in [0.15, 0.2) is 0 Å². The lowest BCUT2D eigenvalue weighted by Gasteiger charge is -2.34. The van der Waals surface area contributed by atoms with Crippen molar-refractivity contribution in [1.29, 1.82) is 0 Å². The van der Waals surface area contributed by atoms with E-state index in [0.29, 0.717) is 6.04 Å². The number of rotatable bonds is 3. The highest BCUT2D eigenvalue weighted by atomic mass is 35.5. The Morgan fingerprint density at radius 2 is 2.25 bits per heavy atom. The first-order valence-electron chi connectivity index (χ1n) is 5.74. The molecular formula is C12H20ClN3. The molecule has 1 aliphatic heterocycles. The van der Waals surface area contributed by atoms with Crippen molar-refractivity contribution in [2.75, 3.05) is 13.1 Å². The van der Waals surface area contributed by atoms with Crippen LogP contribution in [0.1, 0.15) is 25.0 Å². The lowest BCUT2D eigenvalue weighted by Crippen LogP contribution is -2.43. The van der Waals surface area contributed by atoms with Gasteiger partial charge in [-0.3, -0.25) is 9.88 Å². The molecule has 1 aliphatic rings. The first kappa shape index (κ1) is 13.4. The Kier molecular flexibility index (Phi) is 5.74. The van der Waals surface area contributed by atoms with Crippen molar-refractivity contribution in [3.63, 3.8) is 0 Å². The van der Waals surface area contributed by atoms with Crippen molar-refractivity contribution in [2.45, 2.75) is 31.8 Å². The molecule has 2 N–H and O–H groups in total. The zero-order valence-corrected chi connectivity index (χ0v) is 10.3. The van der Waals surface area contributed by atoms with Gasteiger partial charge >= 0.3 is 0 Å². The topological polar surface area (TPSA) is 42.1 Å². The number of nitrogens with zero attached hydrogens (tertiary/aromatic N) is 2. The highest BCUT2D eigenvalue weighted by Gasteiger charge is 2.20. The highest BCUT2D eigenvalue weighted by Crippen LogP contribution is 2.17. The average molecular weight is 242 g/mol. The van der Waals surface area contributed by atoms with Crippen molar-refractivity contribution < 1.29 is 0 Å². The molecule has 0 aliphatic carbocycles. The van der Waals surface area contributed by atoms with Crippen LogP contribution in [0.2, 0.25) is 0 Å². The molecule has 4 heteroatoms. The standard InChI is InChI=1S/C12H19N3.ClH/c13-9-12-6-2-4-8-15(12)10-11-5-1-3-7-14-11;/h1,3,5,7,12H,2,4,6,8-10,13H2;1H. The molecule has 90 valence electrons. The molecule has 16 heavy (non-hydrogen) atoms. The first-order chi connectivity index (χ1) is 7.40. The molecule has 0 aromatic carbocycles. The van der Waals surface area contributed by atoms with E-state index in [1.807, 2.05) is 18.3 Å². The van der Waals surface area contributed by atoms with Crippen LogP contribution in [0.5, 0.6) is 0 Å². The third kappa shape index (κ3) is 3.44. The second-order valence-corrected chi connectivity index (χ2v) is 4.18. The molecule has 1 unspecified atom stereocenters. The minimum Gasteiger partial charge on any atom is -0.329 e. The van der Waals surface area contributed by atoms with Crippen LogP contribution < -0.4 is 5.73 Å². The summed E-state index contributed by atoms with van der Waals surface area (Å²) >= 11 is 0. The van der Waals surface area contributed by atoms with E-state index in [0.717, 1.165) is 18.8 Å². The van der Waals surface area contributed by atoms with Crippen LogP contribution in [0, 0.1) is 0 Å². The van der Waals surface area contributed by atoms with Crippen LogP contribution in [0.25, 0.3) is 0 Å². The zero-order chi connectivity index (χ0) is 10.5. The van der Waals surface area contributed by atoms with Gasteiger partial charge in [0.1, 0.15) is 0 Å². The lowest BCUT2D eigenvalue weighted by molar-refractivity contribution is 0.143. The fraction of sp³-hybridized carbons (Fsp3) is 0.583. The molecule has 3 nitrogen and oxygen atoms in total. The van der Waals surface area contributed by atoms with E-state index in [1.54, 1.807) is 0 Å². The van der Waals surface area contributed by atoms with Crippen molar-refractivity contribution >= 4 is 12.4 Å². The van der Waals surface area contributed by atoms with Gasteiger partial charge < -0.3 is 5.73 Å². The first-order valence-corrected chi connectivity index (χ1v) is 5.74. The minimum absolute atomic E-state index is 0. The van der Waals surface area contributed by atoms with E-state index in [1.165, 1.54) is 25.8 Å². The molecule has 1 aromatic heterocycles. The Balaban J connectivity index is 0.00000128. The summed E-state index contributed by atoms with van der Waals surface area (Å²) in [5.41, 5.74) is 6.94. The molecule has 2 rings (SSSR count). The number of halogens is 1. The number of aromatic nitrogens is 1. The van der Waals surface area contributed by atoms with E-state index >= 15 is 0 Å². The monoisotopic (exact) mass is 241 g/mol. The molecule has 0 bridgehead atoms. The summed E-state index contributed by atoms with van der Waals surface area (Å²) < 4.78 is 0. The Labute approximate surface area is 103 Å². The van der Waals surface area contributed by atoms with Crippen LogP contribution in [0.15, 0.2) is 24.4 Å².